The van der Waals surface area contributed by atoms with E-state index in [1.165, 1.54) is 6.92 Å². The number of aryl methyl sites for hydroxylation is 1. The first-order valence-corrected chi connectivity index (χ1v) is 12.0. The van der Waals surface area contributed by atoms with Crippen molar-refractivity contribution in [2.75, 3.05) is 14.2 Å². The van der Waals surface area contributed by atoms with Crippen LogP contribution in [0.5, 0.6) is 23.0 Å². The van der Waals surface area contributed by atoms with Crippen LogP contribution in [-0.2, 0) is 4.84 Å². The van der Waals surface area contributed by atoms with Crippen molar-refractivity contribution in [3.05, 3.63) is 82.6 Å². The van der Waals surface area contributed by atoms with E-state index in [1.54, 1.807) is 6.92 Å². The fourth-order valence-corrected chi connectivity index (χ4v) is 4.03. The number of carbonyl (C=O) groups excluding carboxylic acids is 2. The lowest BCUT2D eigenvalue weighted by atomic mass is 10.1. The van der Waals surface area contributed by atoms with Gasteiger partial charge in [-0.15, -0.1) is 0 Å². The van der Waals surface area contributed by atoms with Crippen LogP contribution in [0.4, 0.5) is 11.4 Å². The maximum absolute atomic E-state index is 13.2. The zero-order chi connectivity index (χ0) is 31.5. The second-order valence-electron chi connectivity index (χ2n) is 8.18. The molecule has 3 rings (SSSR count). The van der Waals surface area contributed by atoms with Gasteiger partial charge in [0.15, 0.2) is 17.3 Å². The number of nitro groups is 2. The zero-order valence-electron chi connectivity index (χ0n) is 21.9. The highest BCUT2D eigenvalue weighted by atomic mass is 35.5. The Hall–Kier alpha value is -5.22. The Bertz CT molecular complexity index is 1680. The van der Waals surface area contributed by atoms with Gasteiger partial charge in [-0.05, 0) is 31.5 Å². The number of ether oxygens (including phenoxy) is 2. The van der Waals surface area contributed by atoms with Gasteiger partial charge in [0.2, 0.25) is 11.5 Å². The Morgan fingerprint density at radius 2 is 1.43 bits per heavy atom. The highest BCUT2D eigenvalue weighted by Gasteiger charge is 2.27. The first-order valence-electron chi connectivity index (χ1n) is 11.3. The number of hydrogen-bond donors (Lipinski definition) is 3. The molecule has 42 heavy (non-hydrogen) atoms. The number of carbonyl (C=O) groups is 2. The lowest BCUT2D eigenvalue weighted by Gasteiger charge is -2.15. The Morgan fingerprint density at radius 3 is 1.93 bits per heavy atom. The van der Waals surface area contributed by atoms with Crippen molar-refractivity contribution in [2.45, 2.75) is 13.8 Å². The monoisotopic (exact) mass is 623 g/mol. The van der Waals surface area contributed by atoms with Crippen LogP contribution in [0.3, 0.4) is 0 Å². The van der Waals surface area contributed by atoms with Crippen LogP contribution < -0.4 is 14.8 Å². The Kier molecular flexibility index (Phi) is 9.34. The van der Waals surface area contributed by atoms with Crippen LogP contribution >= 0.6 is 23.2 Å². The van der Waals surface area contributed by atoms with Crippen LogP contribution in [-0.4, -0.2) is 57.0 Å². The fraction of sp³-hybridized carbons (Fsp3) is 0.167. The Morgan fingerprint density at radius 1 is 0.929 bits per heavy atom. The Balaban J connectivity index is 2.12. The maximum Gasteiger partial charge on any atom is 0.366 e. The van der Waals surface area contributed by atoms with Gasteiger partial charge in [0, 0.05) is 12.1 Å². The number of amides is 1. The van der Waals surface area contributed by atoms with Gasteiger partial charge in [0.1, 0.15) is 5.15 Å². The van der Waals surface area contributed by atoms with Crippen molar-refractivity contribution in [1.29, 1.82) is 0 Å². The number of rotatable bonds is 8. The third-order valence-electron chi connectivity index (χ3n) is 5.62. The number of amidine groups is 1. The molecule has 2 aromatic carbocycles. The Labute approximate surface area is 245 Å². The molecule has 1 amide bonds. The lowest BCUT2D eigenvalue weighted by Crippen LogP contribution is -2.33. The molecule has 3 N–H and O–H groups in total. The van der Waals surface area contributed by atoms with Crippen molar-refractivity contribution in [2.24, 2.45) is 5.16 Å². The third kappa shape index (κ3) is 6.24. The molecule has 0 aliphatic rings. The summed E-state index contributed by atoms with van der Waals surface area (Å²) in [6, 6.07) is 3.41. The van der Waals surface area contributed by atoms with Gasteiger partial charge in [0.25, 0.3) is 5.91 Å². The molecular formula is C24H19Cl2N5O11. The molecular weight excluding hydrogens is 605 g/mol. The van der Waals surface area contributed by atoms with Gasteiger partial charge >= 0.3 is 17.3 Å². The second kappa shape index (κ2) is 12.5. The first-order chi connectivity index (χ1) is 19.7. The zero-order valence-corrected chi connectivity index (χ0v) is 23.4. The van der Waals surface area contributed by atoms with E-state index in [1.807, 2.05) is 0 Å². The van der Waals surface area contributed by atoms with E-state index in [0.29, 0.717) is 11.8 Å². The minimum absolute atomic E-state index is 0.108. The summed E-state index contributed by atoms with van der Waals surface area (Å²) in [5.41, 5.74) is -2.12. The van der Waals surface area contributed by atoms with Crippen molar-refractivity contribution in [1.82, 2.24) is 10.3 Å². The van der Waals surface area contributed by atoms with Gasteiger partial charge < -0.3 is 29.8 Å². The maximum atomic E-state index is 13.2. The number of phenols is 2. The molecule has 0 atom stereocenters. The van der Waals surface area contributed by atoms with Gasteiger partial charge in [-0.2, -0.15) is 0 Å². The molecule has 1 aromatic heterocycles. The summed E-state index contributed by atoms with van der Waals surface area (Å²) in [7, 11) is 2.21. The second-order valence-corrected chi connectivity index (χ2v) is 8.92. The van der Waals surface area contributed by atoms with E-state index in [9.17, 15) is 40.0 Å². The van der Waals surface area contributed by atoms with Crippen molar-refractivity contribution in [3.63, 3.8) is 0 Å². The minimum atomic E-state index is -1.29. The van der Waals surface area contributed by atoms with Gasteiger partial charge in [-0.3, -0.25) is 25.0 Å². The standard InChI is InChI=1S/C24H19Cl2N5O11/c1-9-17(21(26)27-10(2)18(9)25)22(28-23(34)11-5-13(30(36)37)19(32)15(7-11)40-3)29-42-24(35)12-6-14(31(38)39)20(33)16(8-12)41-4/h5-8,32-33H,1-4H3,(H,28,29,34). The number of aromatic nitrogens is 1. The fourth-order valence-electron chi connectivity index (χ4n) is 3.54. The molecule has 1 heterocycles. The average Bonchev–Trinajstić information content (AvgIpc) is 2.94. The number of nitrogens with one attached hydrogen (secondary N) is 1. The number of phenolic OH excluding ortho intramolecular Hbond substituents is 2. The topological polar surface area (TPSA) is 226 Å². The lowest BCUT2D eigenvalue weighted by molar-refractivity contribution is -0.386. The van der Waals surface area contributed by atoms with Crippen molar-refractivity contribution < 1.29 is 44.0 Å². The summed E-state index contributed by atoms with van der Waals surface area (Å²) in [5.74, 6) is -5.35. The molecule has 16 nitrogen and oxygen atoms in total. The predicted molar refractivity (Wildman–Crippen MR) is 146 cm³/mol. The van der Waals surface area contributed by atoms with Gasteiger partial charge in [-0.1, -0.05) is 28.4 Å². The molecule has 0 aliphatic carbocycles. The smallest absolute Gasteiger partial charge is 0.366 e. The van der Waals surface area contributed by atoms with Crippen LogP contribution in [0, 0.1) is 34.1 Å². The predicted octanol–water partition coefficient (Wildman–Crippen LogP) is 4.20. The number of aromatic hydroxyl groups is 2. The largest absolute Gasteiger partial charge is 0.500 e. The molecule has 0 radical (unpaired) electrons. The third-order valence-corrected chi connectivity index (χ3v) is 6.45. The highest BCUT2D eigenvalue weighted by Crippen LogP contribution is 2.38. The van der Waals surface area contributed by atoms with E-state index in [4.69, 9.17) is 37.5 Å². The summed E-state index contributed by atoms with van der Waals surface area (Å²) in [6.07, 6.45) is 0. The van der Waals surface area contributed by atoms with Crippen LogP contribution in [0.1, 0.15) is 37.5 Å². The average molecular weight is 624 g/mol. The number of nitrogens with zero attached hydrogens (tertiary/aromatic N) is 4. The normalized spacial score (nSPS) is 11.0. The van der Waals surface area contributed by atoms with Gasteiger partial charge in [-0.25, -0.2) is 9.78 Å². The number of pyridine rings is 1. The number of hydrogen-bond acceptors (Lipinski definition) is 13. The van der Waals surface area contributed by atoms with E-state index in [0.717, 1.165) is 32.4 Å². The molecule has 220 valence electrons. The van der Waals surface area contributed by atoms with E-state index >= 15 is 0 Å². The van der Waals surface area contributed by atoms with Crippen LogP contribution in [0.2, 0.25) is 10.2 Å². The number of halogens is 2. The SMILES string of the molecule is COc1cc(C(=O)N/C(=N\OC(=O)c2cc(OC)c(O)c([N+](=O)[O-])c2)c2c(Cl)nc(C)c(Cl)c2C)cc([N+](=O)[O-])c1O. The molecule has 0 saturated carbocycles. The molecule has 0 saturated heterocycles. The van der Waals surface area contributed by atoms with Crippen LogP contribution in [0.25, 0.3) is 0 Å². The van der Waals surface area contributed by atoms with E-state index in [2.05, 4.69) is 15.5 Å². The molecule has 0 spiro atoms. The van der Waals surface area contributed by atoms with Gasteiger partial charge in [0.05, 0.1) is 51.5 Å². The molecule has 3 aromatic rings. The number of benzene rings is 2. The van der Waals surface area contributed by atoms with E-state index < -0.39 is 67.5 Å². The minimum Gasteiger partial charge on any atom is -0.500 e. The molecule has 0 fully saturated rings. The summed E-state index contributed by atoms with van der Waals surface area (Å²) in [5, 5.41) is 48.5. The highest BCUT2D eigenvalue weighted by molar-refractivity contribution is 6.36. The molecule has 0 unspecified atom stereocenters. The summed E-state index contributed by atoms with van der Waals surface area (Å²) in [4.78, 5) is 55.8. The summed E-state index contributed by atoms with van der Waals surface area (Å²) >= 11 is 12.6. The number of methoxy groups -OCH3 is 2. The van der Waals surface area contributed by atoms with Crippen molar-refractivity contribution >= 4 is 52.3 Å². The summed E-state index contributed by atoms with van der Waals surface area (Å²) in [6.45, 7) is 3.04. The number of oxime groups is 1. The van der Waals surface area contributed by atoms with Crippen molar-refractivity contribution in [3.8, 4) is 23.0 Å². The molecule has 0 aliphatic heterocycles. The summed E-state index contributed by atoms with van der Waals surface area (Å²) < 4.78 is 9.77. The van der Waals surface area contributed by atoms with E-state index in [-0.39, 0.29) is 26.9 Å². The first kappa shape index (κ1) is 31.3. The number of nitro benzene ring substituents is 2. The quantitative estimate of drug-likeness (QED) is 0.0800. The van der Waals surface area contributed by atoms with Crippen LogP contribution in [0.15, 0.2) is 29.4 Å². The molecule has 0 bridgehead atoms. The molecule has 18 heteroatoms.